The monoisotopic (exact) mass is 303 g/mol. The van der Waals surface area contributed by atoms with Crippen molar-refractivity contribution in [2.24, 2.45) is 5.73 Å². The molecule has 1 aromatic rings. The van der Waals surface area contributed by atoms with E-state index in [9.17, 15) is 4.79 Å². The molecule has 19 heavy (non-hydrogen) atoms. The van der Waals surface area contributed by atoms with Crippen LogP contribution in [-0.4, -0.2) is 36.5 Å². The number of hydrogen-bond acceptors (Lipinski definition) is 4. The van der Waals surface area contributed by atoms with Crippen LogP contribution in [0.1, 0.15) is 31.7 Å². The highest BCUT2D eigenvalue weighted by atomic mass is 35.5. The summed E-state index contributed by atoms with van der Waals surface area (Å²) in [5.74, 6) is 0.0259. The Morgan fingerprint density at radius 3 is 2.63 bits per heavy atom. The normalized spacial score (nSPS) is 13.0. The van der Waals surface area contributed by atoms with Gasteiger partial charge in [0, 0.05) is 17.5 Å². The molecule has 0 aliphatic carbocycles. The maximum absolute atomic E-state index is 11.9. The van der Waals surface area contributed by atoms with Crippen molar-refractivity contribution in [3.8, 4) is 0 Å². The van der Waals surface area contributed by atoms with Crippen LogP contribution in [0.5, 0.6) is 0 Å². The summed E-state index contributed by atoms with van der Waals surface area (Å²) in [5, 5.41) is 2.90. The lowest BCUT2D eigenvalue weighted by atomic mass is 10.2. The van der Waals surface area contributed by atoms with Crippen LogP contribution in [0.2, 0.25) is 4.34 Å². The molecule has 1 amide bonds. The Morgan fingerprint density at radius 2 is 2.21 bits per heavy atom. The van der Waals surface area contributed by atoms with Crippen LogP contribution in [-0.2, 0) is 4.79 Å². The second-order valence-corrected chi connectivity index (χ2v) is 6.43. The fourth-order valence-electron chi connectivity index (χ4n) is 1.95. The van der Waals surface area contributed by atoms with Crippen LogP contribution >= 0.6 is 22.9 Å². The number of thiophene rings is 1. The molecule has 4 nitrogen and oxygen atoms in total. The van der Waals surface area contributed by atoms with E-state index in [2.05, 4.69) is 10.2 Å². The van der Waals surface area contributed by atoms with Crippen molar-refractivity contribution in [3.63, 3.8) is 0 Å². The minimum absolute atomic E-state index is 0.0259. The first kappa shape index (κ1) is 16.4. The largest absolute Gasteiger partial charge is 0.353 e. The van der Waals surface area contributed by atoms with Crippen LogP contribution in [0, 0.1) is 0 Å². The minimum atomic E-state index is 0.0259. The van der Waals surface area contributed by atoms with Gasteiger partial charge in [0.2, 0.25) is 5.91 Å². The summed E-state index contributed by atoms with van der Waals surface area (Å²) < 4.78 is 0.746. The summed E-state index contributed by atoms with van der Waals surface area (Å²) >= 11 is 7.48. The Balaban J connectivity index is 2.73. The Kier molecular flexibility index (Phi) is 6.79. The van der Waals surface area contributed by atoms with Gasteiger partial charge in [-0.25, -0.2) is 0 Å². The van der Waals surface area contributed by atoms with E-state index in [4.69, 9.17) is 17.3 Å². The quantitative estimate of drug-likeness (QED) is 0.812. The number of nitrogens with one attached hydrogen (secondary N) is 1. The van der Waals surface area contributed by atoms with Crippen molar-refractivity contribution in [2.45, 2.75) is 32.9 Å². The topological polar surface area (TPSA) is 58.4 Å². The number of hydrogen-bond donors (Lipinski definition) is 2. The van der Waals surface area contributed by atoms with Crippen LogP contribution in [0.4, 0.5) is 0 Å². The van der Waals surface area contributed by atoms with E-state index in [0.717, 1.165) is 15.8 Å². The van der Waals surface area contributed by atoms with Crippen molar-refractivity contribution >= 4 is 28.8 Å². The zero-order valence-corrected chi connectivity index (χ0v) is 13.2. The molecular weight excluding hydrogens is 282 g/mol. The molecule has 0 aliphatic rings. The third kappa shape index (κ3) is 5.10. The van der Waals surface area contributed by atoms with Crippen LogP contribution in [0.15, 0.2) is 12.1 Å². The fourth-order valence-corrected chi connectivity index (χ4v) is 3.16. The summed E-state index contributed by atoms with van der Waals surface area (Å²) in [4.78, 5) is 15.0. The molecule has 1 heterocycles. The van der Waals surface area contributed by atoms with Crippen molar-refractivity contribution < 1.29 is 4.79 Å². The van der Waals surface area contributed by atoms with Crippen LogP contribution < -0.4 is 11.1 Å². The summed E-state index contributed by atoms with van der Waals surface area (Å²) in [6.07, 6.45) is 0. The molecule has 1 aromatic heterocycles. The molecule has 0 fully saturated rings. The number of rotatable bonds is 7. The molecule has 6 heteroatoms. The highest BCUT2D eigenvalue weighted by Crippen LogP contribution is 2.29. The van der Waals surface area contributed by atoms with E-state index in [0.29, 0.717) is 13.1 Å². The van der Waals surface area contributed by atoms with Gasteiger partial charge >= 0.3 is 0 Å². The van der Waals surface area contributed by atoms with Crippen LogP contribution in [0.3, 0.4) is 0 Å². The lowest BCUT2D eigenvalue weighted by Crippen LogP contribution is -2.43. The molecule has 0 aliphatic heterocycles. The highest BCUT2D eigenvalue weighted by Gasteiger charge is 2.21. The Morgan fingerprint density at radius 1 is 1.53 bits per heavy atom. The number of amides is 1. The van der Waals surface area contributed by atoms with Crippen molar-refractivity contribution in [1.82, 2.24) is 10.2 Å². The standard InChI is InChI=1S/C13H22ClN3OS/c1-4-17(8-13(18)16-9(2)3)10(7-15)11-5-6-12(14)19-11/h5-6,9-10H,4,7-8,15H2,1-3H3,(H,16,18). The zero-order valence-electron chi connectivity index (χ0n) is 11.6. The minimum Gasteiger partial charge on any atom is -0.353 e. The first-order chi connectivity index (χ1) is 8.97. The fraction of sp³-hybridized carbons (Fsp3) is 0.615. The maximum atomic E-state index is 11.9. The highest BCUT2D eigenvalue weighted by molar-refractivity contribution is 7.16. The molecule has 3 N–H and O–H groups in total. The van der Waals surface area contributed by atoms with Gasteiger partial charge in [-0.15, -0.1) is 11.3 Å². The molecule has 1 rings (SSSR count). The molecule has 0 bridgehead atoms. The van der Waals surface area contributed by atoms with Crippen molar-refractivity contribution in [1.29, 1.82) is 0 Å². The number of nitrogens with zero attached hydrogens (tertiary/aromatic N) is 1. The van der Waals surface area contributed by atoms with E-state index in [-0.39, 0.29) is 18.0 Å². The number of likely N-dealkylation sites (N-methyl/N-ethyl adjacent to an activating group) is 1. The molecule has 0 radical (unpaired) electrons. The Labute approximate surface area is 123 Å². The van der Waals surface area contributed by atoms with Gasteiger partial charge in [0.25, 0.3) is 0 Å². The number of carbonyl (C=O) groups excluding carboxylic acids is 1. The number of halogens is 1. The molecule has 1 unspecified atom stereocenters. The third-order valence-corrected chi connectivity index (χ3v) is 4.12. The van der Waals surface area contributed by atoms with Gasteiger partial charge in [-0.1, -0.05) is 18.5 Å². The predicted octanol–water partition coefficient (Wildman–Crippen LogP) is 2.25. The molecule has 0 aromatic carbocycles. The Bertz CT molecular complexity index is 408. The van der Waals surface area contributed by atoms with Gasteiger partial charge in [0.15, 0.2) is 0 Å². The van der Waals surface area contributed by atoms with E-state index in [1.54, 1.807) is 0 Å². The van der Waals surface area contributed by atoms with Gasteiger partial charge < -0.3 is 11.1 Å². The lowest BCUT2D eigenvalue weighted by Gasteiger charge is -2.28. The van der Waals surface area contributed by atoms with Crippen LogP contribution in [0.25, 0.3) is 0 Å². The molecule has 1 atom stereocenters. The summed E-state index contributed by atoms with van der Waals surface area (Å²) in [5.41, 5.74) is 5.86. The third-order valence-electron chi connectivity index (χ3n) is 2.79. The summed E-state index contributed by atoms with van der Waals surface area (Å²) in [6, 6.07) is 4.04. The summed E-state index contributed by atoms with van der Waals surface area (Å²) in [7, 11) is 0. The lowest BCUT2D eigenvalue weighted by molar-refractivity contribution is -0.123. The van der Waals surface area contributed by atoms with Gasteiger partial charge in [0.05, 0.1) is 16.9 Å². The molecule has 0 saturated heterocycles. The van der Waals surface area contributed by atoms with E-state index < -0.39 is 0 Å². The van der Waals surface area contributed by atoms with Gasteiger partial charge in [0.1, 0.15) is 0 Å². The smallest absolute Gasteiger partial charge is 0.234 e. The van der Waals surface area contributed by atoms with Gasteiger partial charge in [-0.05, 0) is 32.5 Å². The van der Waals surface area contributed by atoms with E-state index in [1.165, 1.54) is 11.3 Å². The average Bonchev–Trinajstić information content (AvgIpc) is 2.74. The second kappa shape index (κ2) is 7.85. The zero-order chi connectivity index (χ0) is 14.4. The molecule has 108 valence electrons. The van der Waals surface area contributed by atoms with E-state index >= 15 is 0 Å². The molecular formula is C13H22ClN3OS. The van der Waals surface area contributed by atoms with Gasteiger partial charge in [-0.2, -0.15) is 0 Å². The maximum Gasteiger partial charge on any atom is 0.234 e. The second-order valence-electron chi connectivity index (χ2n) is 4.68. The number of carbonyl (C=O) groups is 1. The predicted molar refractivity (Wildman–Crippen MR) is 81.7 cm³/mol. The molecule has 0 saturated carbocycles. The van der Waals surface area contributed by atoms with Crippen molar-refractivity contribution in [2.75, 3.05) is 19.6 Å². The van der Waals surface area contributed by atoms with Crippen molar-refractivity contribution in [3.05, 3.63) is 21.3 Å². The first-order valence-corrected chi connectivity index (χ1v) is 7.66. The summed E-state index contributed by atoms with van der Waals surface area (Å²) in [6.45, 7) is 7.52. The Hall–Kier alpha value is -0.620. The number of nitrogens with two attached hydrogens (primary N) is 1. The average molecular weight is 304 g/mol. The van der Waals surface area contributed by atoms with Gasteiger partial charge in [-0.3, -0.25) is 9.69 Å². The van der Waals surface area contributed by atoms with E-state index in [1.807, 2.05) is 32.9 Å². The molecule has 0 spiro atoms. The SMILES string of the molecule is CCN(CC(=O)NC(C)C)C(CN)c1ccc(Cl)s1. The first-order valence-electron chi connectivity index (χ1n) is 6.46.